The van der Waals surface area contributed by atoms with Gasteiger partial charge >= 0.3 is 6.09 Å². The summed E-state index contributed by atoms with van der Waals surface area (Å²) in [4.78, 5) is 22.5. The van der Waals surface area contributed by atoms with Gasteiger partial charge in [0.25, 0.3) is 0 Å². The molecule has 1 saturated carbocycles. The van der Waals surface area contributed by atoms with Crippen LogP contribution in [-0.2, 0) is 9.47 Å². The molecule has 0 bridgehead atoms. The first-order chi connectivity index (χ1) is 12.0. The molecule has 0 aromatic carbocycles. The fraction of sp³-hybridized carbons (Fsp3) is 0.706. The topological polar surface area (TPSA) is 88.6 Å². The van der Waals surface area contributed by atoms with Crippen molar-refractivity contribution < 1.29 is 14.3 Å². The van der Waals surface area contributed by atoms with Gasteiger partial charge in [0.1, 0.15) is 24.1 Å². The van der Waals surface area contributed by atoms with Crippen molar-refractivity contribution in [3.63, 3.8) is 0 Å². The molecule has 1 aliphatic carbocycles. The van der Waals surface area contributed by atoms with Crippen LogP contribution in [0.5, 0.6) is 0 Å². The molecule has 0 unspecified atom stereocenters. The minimum atomic E-state index is -0.365. The van der Waals surface area contributed by atoms with Crippen LogP contribution in [0.25, 0.3) is 0 Å². The number of anilines is 2. The van der Waals surface area contributed by atoms with Crippen molar-refractivity contribution in [1.29, 1.82) is 0 Å². The monoisotopic (exact) mass is 351 g/mol. The molecular formula is C17H29N5O3. The van der Waals surface area contributed by atoms with Gasteiger partial charge in [-0.3, -0.25) is 0 Å². The lowest BCUT2D eigenvalue weighted by Crippen LogP contribution is -2.40. The second-order valence-electron chi connectivity index (χ2n) is 6.52. The van der Waals surface area contributed by atoms with E-state index in [1.54, 1.807) is 7.11 Å². The van der Waals surface area contributed by atoms with Crippen molar-refractivity contribution in [2.45, 2.75) is 44.7 Å². The molecule has 0 spiro atoms. The number of carbonyl (C=O) groups is 1. The molecule has 8 heteroatoms. The Balaban J connectivity index is 1.78. The Morgan fingerprint density at radius 3 is 2.52 bits per heavy atom. The van der Waals surface area contributed by atoms with Crippen molar-refractivity contribution >= 4 is 17.7 Å². The third-order valence-corrected chi connectivity index (χ3v) is 4.20. The van der Waals surface area contributed by atoms with E-state index in [1.807, 2.05) is 32.0 Å². The van der Waals surface area contributed by atoms with Gasteiger partial charge in [-0.1, -0.05) is 0 Å². The molecule has 25 heavy (non-hydrogen) atoms. The Bertz CT molecular complexity index is 559. The quantitative estimate of drug-likeness (QED) is 0.726. The van der Waals surface area contributed by atoms with Crippen LogP contribution in [0.15, 0.2) is 6.07 Å². The Kier molecular flexibility index (Phi) is 7.24. The number of nitrogens with zero attached hydrogens (tertiary/aromatic N) is 3. The maximum atomic E-state index is 11.7. The van der Waals surface area contributed by atoms with Crippen LogP contribution in [0, 0.1) is 6.92 Å². The summed E-state index contributed by atoms with van der Waals surface area (Å²) in [5.41, 5.74) is 0. The summed E-state index contributed by atoms with van der Waals surface area (Å²) in [5, 5.41) is 6.41. The maximum absolute atomic E-state index is 11.7. The zero-order chi connectivity index (χ0) is 18.2. The molecule has 8 nitrogen and oxygen atoms in total. The number of aryl methyl sites for hydroxylation is 1. The van der Waals surface area contributed by atoms with E-state index in [4.69, 9.17) is 9.47 Å². The average molecular weight is 351 g/mol. The highest BCUT2D eigenvalue weighted by Gasteiger charge is 2.23. The van der Waals surface area contributed by atoms with Crippen LogP contribution >= 0.6 is 0 Å². The molecule has 0 atom stereocenters. The minimum absolute atomic E-state index is 0.164. The van der Waals surface area contributed by atoms with Gasteiger partial charge < -0.3 is 25.0 Å². The molecule has 1 aromatic rings. The maximum Gasteiger partial charge on any atom is 0.407 e. The number of amides is 1. The number of alkyl carbamates (subject to hydrolysis) is 1. The van der Waals surface area contributed by atoms with E-state index in [0.29, 0.717) is 12.6 Å². The Hall–Kier alpha value is -2.09. The zero-order valence-electron chi connectivity index (χ0n) is 15.5. The number of carbonyl (C=O) groups excluding carboxylic acids is 1. The van der Waals surface area contributed by atoms with E-state index in [-0.39, 0.29) is 18.7 Å². The van der Waals surface area contributed by atoms with Crippen molar-refractivity contribution in [3.8, 4) is 0 Å². The van der Waals surface area contributed by atoms with E-state index < -0.39 is 0 Å². The number of ether oxygens (including phenoxy) is 2. The van der Waals surface area contributed by atoms with Crippen molar-refractivity contribution in [2.75, 3.05) is 44.6 Å². The van der Waals surface area contributed by atoms with Gasteiger partial charge in [0.05, 0.1) is 6.61 Å². The second-order valence-corrected chi connectivity index (χ2v) is 6.52. The highest BCUT2D eigenvalue weighted by Crippen LogP contribution is 2.23. The normalized spacial score (nSPS) is 20.0. The van der Waals surface area contributed by atoms with Crippen LogP contribution < -0.4 is 15.5 Å². The SMILES string of the molecule is COCCOC(=O)NC1CCC(Nc2cc(N(C)C)nc(C)n2)CC1. The first-order valence-corrected chi connectivity index (χ1v) is 8.69. The minimum Gasteiger partial charge on any atom is -0.447 e. The molecule has 0 aliphatic heterocycles. The molecule has 2 rings (SSSR count). The first-order valence-electron chi connectivity index (χ1n) is 8.69. The predicted molar refractivity (Wildman–Crippen MR) is 97.1 cm³/mol. The summed E-state index contributed by atoms with van der Waals surface area (Å²) < 4.78 is 9.90. The van der Waals surface area contributed by atoms with Crippen molar-refractivity contribution in [1.82, 2.24) is 15.3 Å². The van der Waals surface area contributed by atoms with Gasteiger partial charge in [-0.25, -0.2) is 14.8 Å². The number of nitrogens with one attached hydrogen (secondary N) is 2. The van der Waals surface area contributed by atoms with E-state index in [9.17, 15) is 4.79 Å². The molecule has 1 aliphatic rings. The summed E-state index contributed by atoms with van der Waals surface area (Å²) in [7, 11) is 5.51. The third-order valence-electron chi connectivity index (χ3n) is 4.20. The molecule has 1 fully saturated rings. The number of aromatic nitrogens is 2. The zero-order valence-corrected chi connectivity index (χ0v) is 15.5. The van der Waals surface area contributed by atoms with Gasteiger partial charge in [-0.2, -0.15) is 0 Å². The molecule has 1 amide bonds. The molecule has 0 radical (unpaired) electrons. The summed E-state index contributed by atoms with van der Waals surface area (Å²) >= 11 is 0. The van der Waals surface area contributed by atoms with Crippen LogP contribution in [0.4, 0.5) is 16.4 Å². The number of hydrogen-bond acceptors (Lipinski definition) is 7. The number of hydrogen-bond donors (Lipinski definition) is 2. The van der Waals surface area contributed by atoms with Crippen LogP contribution in [-0.4, -0.2) is 62.6 Å². The molecule has 1 aromatic heterocycles. The second kappa shape index (κ2) is 9.41. The van der Waals surface area contributed by atoms with E-state index in [2.05, 4.69) is 20.6 Å². The van der Waals surface area contributed by atoms with E-state index >= 15 is 0 Å². The Morgan fingerprint density at radius 2 is 1.88 bits per heavy atom. The lowest BCUT2D eigenvalue weighted by Gasteiger charge is -2.30. The van der Waals surface area contributed by atoms with E-state index in [0.717, 1.165) is 43.1 Å². The fourth-order valence-corrected chi connectivity index (χ4v) is 2.87. The first kappa shape index (κ1) is 19.2. The summed E-state index contributed by atoms with van der Waals surface area (Å²) in [6.07, 6.45) is 3.42. The molecule has 1 heterocycles. The van der Waals surface area contributed by atoms with Gasteiger partial charge in [0, 0.05) is 39.4 Å². The van der Waals surface area contributed by atoms with E-state index in [1.165, 1.54) is 0 Å². The largest absolute Gasteiger partial charge is 0.447 e. The van der Waals surface area contributed by atoms with Crippen LogP contribution in [0.3, 0.4) is 0 Å². The average Bonchev–Trinajstić information content (AvgIpc) is 2.56. The molecule has 2 N–H and O–H groups in total. The summed E-state index contributed by atoms with van der Waals surface area (Å²) in [6, 6.07) is 2.48. The van der Waals surface area contributed by atoms with Gasteiger partial charge in [0.15, 0.2) is 0 Å². The fourth-order valence-electron chi connectivity index (χ4n) is 2.87. The molecular weight excluding hydrogens is 322 g/mol. The molecule has 140 valence electrons. The Morgan fingerprint density at radius 1 is 1.20 bits per heavy atom. The third kappa shape index (κ3) is 6.38. The lowest BCUT2D eigenvalue weighted by molar-refractivity contribution is 0.0950. The van der Waals surface area contributed by atoms with Crippen LogP contribution in [0.1, 0.15) is 31.5 Å². The van der Waals surface area contributed by atoms with Gasteiger partial charge in [0.2, 0.25) is 0 Å². The van der Waals surface area contributed by atoms with Crippen molar-refractivity contribution in [2.24, 2.45) is 0 Å². The van der Waals surface area contributed by atoms with Gasteiger partial charge in [-0.15, -0.1) is 0 Å². The van der Waals surface area contributed by atoms with Gasteiger partial charge in [-0.05, 0) is 32.6 Å². The standard InChI is InChI=1S/C17H29N5O3/c1-12-18-15(11-16(19-12)22(2)3)20-13-5-7-14(8-6-13)21-17(23)25-10-9-24-4/h11,13-14H,5-10H2,1-4H3,(H,21,23)(H,18,19,20). The summed E-state index contributed by atoms with van der Waals surface area (Å²) in [5.74, 6) is 2.50. The highest BCUT2D eigenvalue weighted by atomic mass is 16.6. The van der Waals surface area contributed by atoms with Crippen LogP contribution in [0.2, 0.25) is 0 Å². The lowest BCUT2D eigenvalue weighted by atomic mass is 9.91. The highest BCUT2D eigenvalue weighted by molar-refractivity contribution is 5.67. The van der Waals surface area contributed by atoms with Crippen molar-refractivity contribution in [3.05, 3.63) is 11.9 Å². The molecule has 0 saturated heterocycles. The smallest absolute Gasteiger partial charge is 0.407 e. The Labute approximate surface area is 149 Å². The predicted octanol–water partition coefficient (Wildman–Crippen LogP) is 1.95. The summed E-state index contributed by atoms with van der Waals surface area (Å²) in [6.45, 7) is 2.59. The number of rotatable bonds is 7. The number of methoxy groups -OCH3 is 1.